The molecule has 0 aliphatic carbocycles. The van der Waals surface area contributed by atoms with Crippen LogP contribution in [0.2, 0.25) is 0 Å². The van der Waals surface area contributed by atoms with Crippen LogP contribution in [-0.4, -0.2) is 34.7 Å². The van der Waals surface area contributed by atoms with E-state index in [0.29, 0.717) is 12.4 Å². The van der Waals surface area contributed by atoms with Gasteiger partial charge in [0.05, 0.1) is 26.0 Å². The van der Waals surface area contributed by atoms with E-state index in [0.717, 1.165) is 5.69 Å². The summed E-state index contributed by atoms with van der Waals surface area (Å²) in [6, 6.07) is 1.70. The zero-order valence-corrected chi connectivity index (χ0v) is 8.15. The fourth-order valence-corrected chi connectivity index (χ4v) is 1.07. The number of aromatic nitrogens is 2. The topological polar surface area (TPSA) is 76.4 Å². The van der Waals surface area contributed by atoms with E-state index in [1.54, 1.807) is 13.0 Å². The van der Waals surface area contributed by atoms with Crippen molar-refractivity contribution in [2.24, 2.45) is 0 Å². The van der Waals surface area contributed by atoms with E-state index < -0.39 is 6.09 Å². The largest absolute Gasteiger partial charge is 0.453 e. The lowest BCUT2D eigenvalue weighted by atomic mass is 10.5. The lowest BCUT2D eigenvalue weighted by molar-refractivity contribution is 0.186. The number of carbonyl (C=O) groups excluding carboxylic acids is 1. The van der Waals surface area contributed by atoms with Crippen molar-refractivity contribution < 1.29 is 14.6 Å². The Labute approximate surface area is 81.5 Å². The van der Waals surface area contributed by atoms with Crippen LogP contribution < -0.4 is 5.32 Å². The van der Waals surface area contributed by atoms with Crippen molar-refractivity contribution in [1.29, 1.82) is 0 Å². The Morgan fingerprint density at radius 2 is 2.50 bits per heavy atom. The van der Waals surface area contributed by atoms with Gasteiger partial charge in [-0.3, -0.25) is 5.32 Å². The highest BCUT2D eigenvalue weighted by atomic mass is 16.5. The van der Waals surface area contributed by atoms with Gasteiger partial charge < -0.3 is 9.84 Å². The van der Waals surface area contributed by atoms with Crippen molar-refractivity contribution in [2.75, 3.05) is 19.0 Å². The maximum atomic E-state index is 10.9. The number of ether oxygens (including phenoxy) is 1. The van der Waals surface area contributed by atoms with Crippen molar-refractivity contribution in [3.63, 3.8) is 0 Å². The quantitative estimate of drug-likeness (QED) is 0.737. The molecule has 6 nitrogen and oxygen atoms in total. The van der Waals surface area contributed by atoms with Gasteiger partial charge in [-0.05, 0) is 6.92 Å². The second kappa shape index (κ2) is 4.61. The average molecular weight is 199 g/mol. The molecule has 1 aromatic rings. The first-order valence-corrected chi connectivity index (χ1v) is 4.17. The van der Waals surface area contributed by atoms with E-state index in [1.165, 1.54) is 11.8 Å². The van der Waals surface area contributed by atoms with Gasteiger partial charge in [-0.15, -0.1) is 0 Å². The Bertz CT molecular complexity index is 322. The molecule has 1 heterocycles. The summed E-state index contributed by atoms with van der Waals surface area (Å²) in [5, 5.41) is 15.3. The number of amides is 1. The molecule has 78 valence electrons. The van der Waals surface area contributed by atoms with Gasteiger partial charge in [0, 0.05) is 6.07 Å². The second-order valence-electron chi connectivity index (χ2n) is 2.73. The number of nitrogens with zero attached hydrogens (tertiary/aromatic N) is 2. The molecule has 0 saturated heterocycles. The first kappa shape index (κ1) is 10.5. The van der Waals surface area contributed by atoms with E-state index in [-0.39, 0.29) is 6.61 Å². The molecule has 6 heteroatoms. The molecule has 14 heavy (non-hydrogen) atoms. The standard InChI is InChI=1S/C8H13N3O3/c1-6-5-7(9-8(13)14-2)11(10-6)3-4-12/h5,12H,3-4H2,1-2H3,(H,9,13). The maximum Gasteiger partial charge on any atom is 0.412 e. The van der Waals surface area contributed by atoms with E-state index >= 15 is 0 Å². The van der Waals surface area contributed by atoms with Crippen LogP contribution in [0.15, 0.2) is 6.07 Å². The molecule has 1 rings (SSSR count). The number of rotatable bonds is 3. The minimum atomic E-state index is -0.552. The van der Waals surface area contributed by atoms with E-state index in [2.05, 4.69) is 15.2 Å². The zero-order valence-electron chi connectivity index (χ0n) is 8.15. The smallest absolute Gasteiger partial charge is 0.412 e. The van der Waals surface area contributed by atoms with Crippen LogP contribution >= 0.6 is 0 Å². The van der Waals surface area contributed by atoms with E-state index in [4.69, 9.17) is 5.11 Å². The molecule has 2 N–H and O–H groups in total. The number of aryl methyl sites for hydroxylation is 1. The molecular weight excluding hydrogens is 186 g/mol. The lowest BCUT2D eigenvalue weighted by Crippen LogP contribution is -2.16. The predicted molar refractivity (Wildman–Crippen MR) is 50.1 cm³/mol. The van der Waals surface area contributed by atoms with Gasteiger partial charge in [0.25, 0.3) is 0 Å². The van der Waals surface area contributed by atoms with E-state index in [1.807, 2.05) is 0 Å². The second-order valence-corrected chi connectivity index (χ2v) is 2.73. The molecule has 0 bridgehead atoms. The number of aliphatic hydroxyl groups excluding tert-OH is 1. The van der Waals surface area contributed by atoms with Crippen LogP contribution in [0.4, 0.5) is 10.6 Å². The highest BCUT2D eigenvalue weighted by Crippen LogP contribution is 2.09. The SMILES string of the molecule is COC(=O)Nc1cc(C)nn1CCO. The summed E-state index contributed by atoms with van der Waals surface area (Å²) < 4.78 is 5.95. The van der Waals surface area contributed by atoms with Gasteiger partial charge in [-0.2, -0.15) is 5.10 Å². The van der Waals surface area contributed by atoms with Crippen LogP contribution in [-0.2, 0) is 11.3 Å². The highest BCUT2D eigenvalue weighted by molar-refractivity contribution is 5.83. The van der Waals surface area contributed by atoms with Gasteiger partial charge in [-0.1, -0.05) is 0 Å². The molecule has 0 aromatic carbocycles. The summed E-state index contributed by atoms with van der Waals surface area (Å²) in [5.74, 6) is 0.517. The van der Waals surface area contributed by atoms with Crippen LogP contribution in [0, 0.1) is 6.92 Å². The molecule has 1 aromatic heterocycles. The van der Waals surface area contributed by atoms with Gasteiger partial charge in [0.2, 0.25) is 0 Å². The number of hydrogen-bond acceptors (Lipinski definition) is 4. The molecule has 0 spiro atoms. The minimum Gasteiger partial charge on any atom is -0.453 e. The molecule has 0 aliphatic heterocycles. The third-order valence-corrected chi connectivity index (χ3v) is 1.63. The predicted octanol–water partition coefficient (Wildman–Crippen LogP) is 0.362. The molecule has 1 amide bonds. The Morgan fingerprint density at radius 3 is 3.07 bits per heavy atom. The summed E-state index contributed by atoms with van der Waals surface area (Å²) in [6.45, 7) is 2.11. The fraction of sp³-hybridized carbons (Fsp3) is 0.500. The molecule has 0 radical (unpaired) electrons. The molecule has 0 atom stereocenters. The van der Waals surface area contributed by atoms with Crippen molar-refractivity contribution in [1.82, 2.24) is 9.78 Å². The summed E-state index contributed by atoms with van der Waals surface area (Å²) >= 11 is 0. The van der Waals surface area contributed by atoms with Crippen molar-refractivity contribution in [3.05, 3.63) is 11.8 Å². The van der Waals surface area contributed by atoms with Crippen LogP contribution in [0.3, 0.4) is 0 Å². The summed E-state index contributed by atoms with van der Waals surface area (Å²) in [7, 11) is 1.29. The Kier molecular flexibility index (Phi) is 3.47. The van der Waals surface area contributed by atoms with Crippen LogP contribution in [0.25, 0.3) is 0 Å². The first-order valence-electron chi connectivity index (χ1n) is 4.17. The molecular formula is C8H13N3O3. The molecule has 0 saturated carbocycles. The molecule has 0 fully saturated rings. The summed E-state index contributed by atoms with van der Waals surface area (Å²) in [6.07, 6.45) is -0.552. The lowest BCUT2D eigenvalue weighted by Gasteiger charge is -2.05. The van der Waals surface area contributed by atoms with E-state index in [9.17, 15) is 4.79 Å². The maximum absolute atomic E-state index is 10.9. The van der Waals surface area contributed by atoms with Gasteiger partial charge >= 0.3 is 6.09 Å². The van der Waals surface area contributed by atoms with Crippen molar-refractivity contribution in [3.8, 4) is 0 Å². The first-order chi connectivity index (χ1) is 6.67. The zero-order chi connectivity index (χ0) is 10.6. The van der Waals surface area contributed by atoms with Gasteiger partial charge in [0.1, 0.15) is 5.82 Å². The third kappa shape index (κ3) is 2.46. The van der Waals surface area contributed by atoms with Crippen molar-refractivity contribution >= 4 is 11.9 Å². The van der Waals surface area contributed by atoms with Gasteiger partial charge in [-0.25, -0.2) is 9.48 Å². The molecule has 0 aliphatic rings. The number of hydrogen-bond donors (Lipinski definition) is 2. The fourth-order valence-electron chi connectivity index (χ4n) is 1.07. The highest BCUT2D eigenvalue weighted by Gasteiger charge is 2.08. The molecule has 0 unspecified atom stereocenters. The summed E-state index contributed by atoms with van der Waals surface area (Å²) in [4.78, 5) is 10.9. The Hall–Kier alpha value is -1.56. The monoisotopic (exact) mass is 199 g/mol. The number of anilines is 1. The number of methoxy groups -OCH3 is 1. The number of nitrogens with one attached hydrogen (secondary N) is 1. The van der Waals surface area contributed by atoms with Crippen molar-refractivity contribution in [2.45, 2.75) is 13.5 Å². The minimum absolute atomic E-state index is 0.0308. The summed E-state index contributed by atoms with van der Waals surface area (Å²) in [5.41, 5.74) is 0.768. The number of aliphatic hydroxyl groups is 1. The Morgan fingerprint density at radius 1 is 1.79 bits per heavy atom. The van der Waals surface area contributed by atoms with Gasteiger partial charge in [0.15, 0.2) is 0 Å². The number of carbonyl (C=O) groups is 1. The van der Waals surface area contributed by atoms with Crippen LogP contribution in [0.1, 0.15) is 5.69 Å². The third-order valence-electron chi connectivity index (χ3n) is 1.63. The Balaban J connectivity index is 2.78. The van der Waals surface area contributed by atoms with Crippen LogP contribution in [0.5, 0.6) is 0 Å². The average Bonchev–Trinajstić information content (AvgIpc) is 2.47. The normalized spacial score (nSPS) is 9.93.